The van der Waals surface area contributed by atoms with Crippen molar-refractivity contribution in [1.29, 1.82) is 0 Å². The summed E-state index contributed by atoms with van der Waals surface area (Å²) in [5, 5.41) is 19.8. The number of aliphatic hydroxyl groups is 2. The second-order valence-electron chi connectivity index (χ2n) is 5.96. The Labute approximate surface area is 131 Å². The van der Waals surface area contributed by atoms with Crippen LogP contribution in [0.5, 0.6) is 0 Å². The lowest BCUT2D eigenvalue weighted by atomic mass is 10.1. The number of hydrogen-bond donors (Lipinski definition) is 2. The predicted molar refractivity (Wildman–Crippen MR) is 80.8 cm³/mol. The number of aliphatic hydroxyl groups excluding tert-OH is 2. The third-order valence-electron chi connectivity index (χ3n) is 3.75. The Morgan fingerprint density at radius 2 is 1.73 bits per heavy atom. The molecular weight excluding hydrogens is 288 g/mol. The number of likely N-dealkylation sites (N-methyl/N-ethyl adjacent to an activating group) is 2. The van der Waals surface area contributed by atoms with Crippen molar-refractivity contribution in [2.75, 3.05) is 28.2 Å². The highest BCUT2D eigenvalue weighted by molar-refractivity contribution is 5.90. The van der Waals surface area contributed by atoms with Gasteiger partial charge in [0.05, 0.1) is 12.4 Å². The molecule has 1 saturated carbocycles. The van der Waals surface area contributed by atoms with E-state index in [0.717, 1.165) is 19.3 Å². The Morgan fingerprint density at radius 1 is 1.14 bits per heavy atom. The molecule has 1 fully saturated rings. The van der Waals surface area contributed by atoms with E-state index < -0.39 is 30.1 Å². The van der Waals surface area contributed by atoms with Crippen LogP contribution < -0.4 is 0 Å². The van der Waals surface area contributed by atoms with Gasteiger partial charge in [0.2, 0.25) is 6.10 Å². The molecule has 1 rings (SSSR count). The summed E-state index contributed by atoms with van der Waals surface area (Å²) in [5.74, 6) is -1.12. The van der Waals surface area contributed by atoms with Gasteiger partial charge in [-0.25, -0.2) is 0 Å². The molecule has 0 heterocycles. The summed E-state index contributed by atoms with van der Waals surface area (Å²) in [5.41, 5.74) is 0. The molecule has 1 aliphatic carbocycles. The van der Waals surface area contributed by atoms with Gasteiger partial charge in [-0.3, -0.25) is 9.59 Å². The summed E-state index contributed by atoms with van der Waals surface area (Å²) in [6.07, 6.45) is 2.23. The maximum Gasteiger partial charge on any atom is 0.266 e. The van der Waals surface area contributed by atoms with Crippen LogP contribution in [-0.2, 0) is 14.3 Å². The summed E-state index contributed by atoms with van der Waals surface area (Å²) in [4.78, 5) is 26.4. The summed E-state index contributed by atoms with van der Waals surface area (Å²) in [7, 11) is 6.03. The molecule has 2 amide bonds. The quantitative estimate of drug-likeness (QED) is 0.650. The summed E-state index contributed by atoms with van der Waals surface area (Å²) < 4.78 is 5.33. The van der Waals surface area contributed by atoms with Crippen LogP contribution in [0.2, 0.25) is 0 Å². The van der Waals surface area contributed by atoms with Crippen LogP contribution >= 0.6 is 0 Å². The first-order valence-corrected chi connectivity index (χ1v) is 7.36. The van der Waals surface area contributed by atoms with E-state index in [1.54, 1.807) is 6.08 Å². The van der Waals surface area contributed by atoms with E-state index >= 15 is 0 Å². The Balaban J connectivity index is 2.76. The van der Waals surface area contributed by atoms with Crippen molar-refractivity contribution in [2.24, 2.45) is 5.92 Å². The van der Waals surface area contributed by atoms with Crippen LogP contribution in [0.15, 0.2) is 12.3 Å². The van der Waals surface area contributed by atoms with Crippen molar-refractivity contribution in [2.45, 2.75) is 37.6 Å². The molecule has 7 heteroatoms. The van der Waals surface area contributed by atoms with Gasteiger partial charge < -0.3 is 24.7 Å². The molecule has 0 unspecified atom stereocenters. The molecule has 1 aliphatic rings. The zero-order chi connectivity index (χ0) is 16.9. The topological polar surface area (TPSA) is 90.3 Å². The Morgan fingerprint density at radius 3 is 2.18 bits per heavy atom. The van der Waals surface area contributed by atoms with Crippen LogP contribution in [0.1, 0.15) is 19.3 Å². The first-order valence-electron chi connectivity index (χ1n) is 7.36. The lowest BCUT2D eigenvalue weighted by Crippen LogP contribution is -2.49. The van der Waals surface area contributed by atoms with Crippen molar-refractivity contribution in [3.05, 3.63) is 12.3 Å². The second-order valence-corrected chi connectivity index (χ2v) is 5.96. The van der Waals surface area contributed by atoms with Crippen molar-refractivity contribution < 1.29 is 24.5 Å². The smallest absolute Gasteiger partial charge is 0.266 e. The van der Waals surface area contributed by atoms with Crippen molar-refractivity contribution in [1.82, 2.24) is 9.80 Å². The van der Waals surface area contributed by atoms with E-state index in [9.17, 15) is 19.8 Å². The lowest BCUT2D eigenvalue weighted by molar-refractivity contribution is -0.155. The number of carbonyl (C=O) groups excluding carboxylic acids is 2. The molecule has 0 spiro atoms. The van der Waals surface area contributed by atoms with E-state index in [4.69, 9.17) is 4.74 Å². The lowest BCUT2D eigenvalue weighted by Gasteiger charge is -2.25. The number of rotatable bonds is 6. The average molecular weight is 314 g/mol. The molecule has 126 valence electrons. The fourth-order valence-electron chi connectivity index (χ4n) is 2.34. The van der Waals surface area contributed by atoms with Gasteiger partial charge in [-0.15, -0.1) is 0 Å². The largest absolute Gasteiger partial charge is 0.485 e. The number of carbonyl (C=O) groups is 2. The third kappa shape index (κ3) is 4.71. The van der Waals surface area contributed by atoms with E-state index in [1.807, 2.05) is 0 Å². The molecule has 0 saturated heterocycles. The number of hydrogen-bond acceptors (Lipinski definition) is 5. The number of amides is 2. The van der Waals surface area contributed by atoms with Crippen LogP contribution in [0.4, 0.5) is 0 Å². The van der Waals surface area contributed by atoms with Gasteiger partial charge in [0.25, 0.3) is 11.8 Å². The third-order valence-corrected chi connectivity index (χ3v) is 3.75. The van der Waals surface area contributed by atoms with Crippen LogP contribution in [-0.4, -0.2) is 78.3 Å². The Bertz CT molecular complexity index is 422. The Kier molecular flexibility index (Phi) is 6.83. The summed E-state index contributed by atoms with van der Waals surface area (Å²) in [6, 6.07) is 0. The van der Waals surface area contributed by atoms with Gasteiger partial charge >= 0.3 is 0 Å². The predicted octanol–water partition coefficient (Wildman–Crippen LogP) is -0.416. The van der Waals surface area contributed by atoms with E-state index in [2.05, 4.69) is 0 Å². The monoisotopic (exact) mass is 314 g/mol. The molecular formula is C15H26N2O5. The van der Waals surface area contributed by atoms with E-state index in [-0.39, 0.29) is 5.92 Å². The summed E-state index contributed by atoms with van der Waals surface area (Å²) in [6.45, 7) is 0. The standard InChI is InChI=1S/C15H26N2O5/c1-16(2)14(20)12(19)13(15(21)17(3)4)22-9-8-10-6-5-7-11(10)18/h8-13,18-19H,5-7H2,1-4H3/b9-8+/t10-,11-,12+,13+/m0/s1. The molecule has 0 radical (unpaired) electrons. The van der Waals surface area contributed by atoms with Gasteiger partial charge in [-0.2, -0.15) is 0 Å². The molecule has 0 bridgehead atoms. The first-order chi connectivity index (χ1) is 10.3. The second kappa shape index (κ2) is 8.14. The highest BCUT2D eigenvalue weighted by Gasteiger charge is 2.35. The minimum absolute atomic E-state index is 0.0169. The normalized spacial score (nSPS) is 24.1. The molecule has 0 aromatic carbocycles. The van der Waals surface area contributed by atoms with Crippen LogP contribution in [0.3, 0.4) is 0 Å². The minimum Gasteiger partial charge on any atom is -0.485 e. The van der Waals surface area contributed by atoms with Crippen LogP contribution in [0.25, 0.3) is 0 Å². The molecule has 0 aromatic heterocycles. The average Bonchev–Trinajstić information content (AvgIpc) is 2.86. The molecule has 22 heavy (non-hydrogen) atoms. The van der Waals surface area contributed by atoms with Crippen molar-refractivity contribution >= 4 is 11.8 Å². The van der Waals surface area contributed by atoms with Gasteiger partial charge in [0, 0.05) is 34.1 Å². The highest BCUT2D eigenvalue weighted by atomic mass is 16.5. The van der Waals surface area contributed by atoms with Gasteiger partial charge in [0.1, 0.15) is 0 Å². The molecule has 0 aliphatic heterocycles. The van der Waals surface area contributed by atoms with Gasteiger partial charge in [-0.05, 0) is 18.9 Å². The minimum atomic E-state index is -1.58. The molecule has 4 atom stereocenters. The number of ether oxygens (including phenoxy) is 1. The molecule has 0 aromatic rings. The van der Waals surface area contributed by atoms with Crippen molar-refractivity contribution in [3.63, 3.8) is 0 Å². The number of nitrogens with zero attached hydrogens (tertiary/aromatic N) is 2. The summed E-state index contributed by atoms with van der Waals surface area (Å²) >= 11 is 0. The zero-order valence-electron chi connectivity index (χ0n) is 13.6. The van der Waals surface area contributed by atoms with E-state index in [0.29, 0.717) is 0 Å². The van der Waals surface area contributed by atoms with E-state index in [1.165, 1.54) is 44.3 Å². The molecule has 2 N–H and O–H groups in total. The highest BCUT2D eigenvalue weighted by Crippen LogP contribution is 2.26. The maximum absolute atomic E-state index is 12.1. The Hall–Kier alpha value is -1.60. The van der Waals surface area contributed by atoms with Gasteiger partial charge in [-0.1, -0.05) is 6.42 Å². The maximum atomic E-state index is 12.1. The fourth-order valence-corrected chi connectivity index (χ4v) is 2.34. The van der Waals surface area contributed by atoms with Gasteiger partial charge in [0.15, 0.2) is 6.10 Å². The fraction of sp³-hybridized carbons (Fsp3) is 0.733. The molecule has 7 nitrogen and oxygen atoms in total. The zero-order valence-corrected chi connectivity index (χ0v) is 13.6. The van der Waals surface area contributed by atoms with Crippen LogP contribution in [0, 0.1) is 5.92 Å². The van der Waals surface area contributed by atoms with Crippen molar-refractivity contribution in [3.8, 4) is 0 Å². The SMILES string of the molecule is CN(C)C(=O)[C@H](O)[C@@H](O/C=C/[C@@H]1CCC[C@@H]1O)C(=O)N(C)C. The first kappa shape index (κ1) is 18.4.